The molecule has 1 heterocycles. The number of likely N-dealkylation sites (N-methyl/N-ethyl adjacent to an activating group) is 1. The zero-order valence-corrected chi connectivity index (χ0v) is 8.18. The lowest BCUT2D eigenvalue weighted by Gasteiger charge is -2.28. The van der Waals surface area contributed by atoms with Gasteiger partial charge in [0.05, 0.1) is 6.17 Å². The van der Waals surface area contributed by atoms with Crippen molar-refractivity contribution in [1.82, 2.24) is 4.90 Å². The minimum atomic E-state index is -0.788. The van der Waals surface area contributed by atoms with Gasteiger partial charge in [-0.1, -0.05) is 6.92 Å². The van der Waals surface area contributed by atoms with Crippen molar-refractivity contribution in [3.8, 4) is 0 Å². The molecule has 1 aliphatic rings. The third-order valence-corrected chi connectivity index (χ3v) is 2.79. The lowest BCUT2D eigenvalue weighted by molar-refractivity contribution is 0.232. The topological polar surface area (TPSA) is 29.3 Å². The van der Waals surface area contributed by atoms with Crippen molar-refractivity contribution in [2.75, 3.05) is 20.1 Å². The fourth-order valence-electron chi connectivity index (χ4n) is 2.16. The highest BCUT2D eigenvalue weighted by atomic mass is 19.1. The summed E-state index contributed by atoms with van der Waals surface area (Å²) < 4.78 is 12.8. The van der Waals surface area contributed by atoms with Gasteiger partial charge in [-0.05, 0) is 26.3 Å². The standard InChI is InChI=1S/C9H19FN2/c1-7-5-12(3)6-9(7,11)4-8(2)10/h7-8H,4-6,11H2,1-3H3/t7-,8+,9-/m1/s1. The fourth-order valence-corrected chi connectivity index (χ4v) is 2.16. The molecule has 1 saturated heterocycles. The van der Waals surface area contributed by atoms with Crippen LogP contribution < -0.4 is 5.73 Å². The van der Waals surface area contributed by atoms with Gasteiger partial charge in [0.15, 0.2) is 0 Å². The lowest BCUT2D eigenvalue weighted by atomic mass is 9.85. The summed E-state index contributed by atoms with van der Waals surface area (Å²) in [5.41, 5.74) is 5.81. The second-order valence-electron chi connectivity index (χ2n) is 4.32. The Morgan fingerprint density at radius 1 is 1.75 bits per heavy atom. The van der Waals surface area contributed by atoms with Crippen LogP contribution in [0.5, 0.6) is 0 Å². The Kier molecular flexibility index (Phi) is 2.74. The Morgan fingerprint density at radius 2 is 2.33 bits per heavy atom. The van der Waals surface area contributed by atoms with E-state index in [9.17, 15) is 4.39 Å². The van der Waals surface area contributed by atoms with Gasteiger partial charge < -0.3 is 10.6 Å². The molecule has 0 saturated carbocycles. The summed E-state index contributed by atoms with van der Waals surface area (Å²) in [6.45, 7) is 5.50. The van der Waals surface area contributed by atoms with Gasteiger partial charge in [-0.2, -0.15) is 0 Å². The SMILES string of the molecule is C[C@H](F)C[C@@]1(N)CN(C)C[C@H]1C. The molecule has 2 N–H and O–H groups in total. The van der Waals surface area contributed by atoms with Crippen molar-refractivity contribution < 1.29 is 4.39 Å². The van der Waals surface area contributed by atoms with E-state index < -0.39 is 6.17 Å². The molecule has 72 valence electrons. The Hall–Kier alpha value is -0.150. The van der Waals surface area contributed by atoms with E-state index in [4.69, 9.17) is 5.73 Å². The van der Waals surface area contributed by atoms with Crippen LogP contribution in [0.4, 0.5) is 4.39 Å². The molecule has 0 bridgehead atoms. The minimum absolute atomic E-state index is 0.303. The number of likely N-dealkylation sites (tertiary alicyclic amines) is 1. The summed E-state index contributed by atoms with van der Waals surface area (Å²) in [7, 11) is 2.04. The van der Waals surface area contributed by atoms with Crippen molar-refractivity contribution in [1.29, 1.82) is 0 Å². The second kappa shape index (κ2) is 3.30. The second-order valence-corrected chi connectivity index (χ2v) is 4.32. The van der Waals surface area contributed by atoms with Crippen LogP contribution in [0.1, 0.15) is 20.3 Å². The molecule has 0 aliphatic carbocycles. The first-order valence-corrected chi connectivity index (χ1v) is 4.55. The molecule has 0 unspecified atom stereocenters. The molecule has 1 fully saturated rings. The Morgan fingerprint density at radius 3 is 2.67 bits per heavy atom. The molecule has 2 nitrogen and oxygen atoms in total. The van der Waals surface area contributed by atoms with Gasteiger partial charge >= 0.3 is 0 Å². The van der Waals surface area contributed by atoms with E-state index in [0.29, 0.717) is 12.3 Å². The summed E-state index contributed by atoms with van der Waals surface area (Å²) >= 11 is 0. The summed E-state index contributed by atoms with van der Waals surface area (Å²) in [5, 5.41) is 0. The summed E-state index contributed by atoms with van der Waals surface area (Å²) in [4.78, 5) is 2.17. The van der Waals surface area contributed by atoms with Crippen molar-refractivity contribution >= 4 is 0 Å². The third kappa shape index (κ3) is 1.96. The van der Waals surface area contributed by atoms with E-state index in [1.165, 1.54) is 0 Å². The van der Waals surface area contributed by atoms with Gasteiger partial charge in [-0.3, -0.25) is 0 Å². The normalized spacial score (nSPS) is 40.2. The molecule has 3 atom stereocenters. The molecule has 0 aromatic heterocycles. The average Bonchev–Trinajstić information content (AvgIpc) is 2.04. The van der Waals surface area contributed by atoms with E-state index in [-0.39, 0.29) is 5.54 Å². The zero-order valence-electron chi connectivity index (χ0n) is 8.18. The van der Waals surface area contributed by atoms with Crippen LogP contribution in [-0.4, -0.2) is 36.7 Å². The van der Waals surface area contributed by atoms with Gasteiger partial charge in [-0.15, -0.1) is 0 Å². The zero-order chi connectivity index (χ0) is 9.35. The quantitative estimate of drug-likeness (QED) is 0.677. The fraction of sp³-hybridized carbons (Fsp3) is 1.00. The molecular formula is C9H19FN2. The molecule has 3 heteroatoms. The predicted molar refractivity (Wildman–Crippen MR) is 48.8 cm³/mol. The molecule has 0 radical (unpaired) electrons. The van der Waals surface area contributed by atoms with Crippen molar-refractivity contribution in [2.24, 2.45) is 11.7 Å². The van der Waals surface area contributed by atoms with Crippen LogP contribution in [0, 0.1) is 5.92 Å². The van der Waals surface area contributed by atoms with E-state index in [1.54, 1.807) is 6.92 Å². The number of nitrogens with two attached hydrogens (primary N) is 1. The summed E-state index contributed by atoms with van der Waals surface area (Å²) in [5.74, 6) is 0.403. The van der Waals surface area contributed by atoms with E-state index >= 15 is 0 Å². The van der Waals surface area contributed by atoms with Crippen molar-refractivity contribution in [3.05, 3.63) is 0 Å². The molecular weight excluding hydrogens is 155 g/mol. The number of halogens is 1. The highest BCUT2D eigenvalue weighted by molar-refractivity contribution is 4.99. The number of rotatable bonds is 2. The van der Waals surface area contributed by atoms with Crippen LogP contribution in [0.3, 0.4) is 0 Å². The molecule has 12 heavy (non-hydrogen) atoms. The highest BCUT2D eigenvalue weighted by Gasteiger charge is 2.40. The molecule has 0 spiro atoms. The largest absolute Gasteiger partial charge is 0.324 e. The summed E-state index contributed by atoms with van der Waals surface area (Å²) in [6, 6.07) is 0. The number of alkyl halides is 1. The van der Waals surface area contributed by atoms with Gasteiger partial charge in [0.25, 0.3) is 0 Å². The van der Waals surface area contributed by atoms with Crippen LogP contribution >= 0.6 is 0 Å². The molecule has 0 aromatic carbocycles. The van der Waals surface area contributed by atoms with Crippen LogP contribution in [0.2, 0.25) is 0 Å². The summed E-state index contributed by atoms with van der Waals surface area (Å²) in [6.07, 6.45) is -0.303. The first kappa shape index (κ1) is 9.93. The predicted octanol–water partition coefficient (Wildman–Crippen LogP) is 1.01. The maximum atomic E-state index is 12.8. The minimum Gasteiger partial charge on any atom is -0.324 e. The van der Waals surface area contributed by atoms with Crippen LogP contribution in [0.15, 0.2) is 0 Å². The first-order chi connectivity index (χ1) is 5.44. The molecule has 0 amide bonds. The highest BCUT2D eigenvalue weighted by Crippen LogP contribution is 2.28. The molecule has 1 rings (SSSR count). The first-order valence-electron chi connectivity index (χ1n) is 4.55. The van der Waals surface area contributed by atoms with Gasteiger partial charge in [-0.25, -0.2) is 4.39 Å². The maximum Gasteiger partial charge on any atom is 0.0991 e. The molecule has 1 aliphatic heterocycles. The van der Waals surface area contributed by atoms with Gasteiger partial charge in [0.1, 0.15) is 0 Å². The lowest BCUT2D eigenvalue weighted by Crippen LogP contribution is -2.48. The van der Waals surface area contributed by atoms with E-state index in [2.05, 4.69) is 11.8 Å². The Balaban J connectivity index is 2.58. The van der Waals surface area contributed by atoms with Crippen LogP contribution in [0.25, 0.3) is 0 Å². The third-order valence-electron chi connectivity index (χ3n) is 2.79. The average molecular weight is 174 g/mol. The Labute approximate surface area is 73.9 Å². The number of nitrogens with zero attached hydrogens (tertiary/aromatic N) is 1. The smallest absolute Gasteiger partial charge is 0.0991 e. The number of hydrogen-bond donors (Lipinski definition) is 1. The van der Waals surface area contributed by atoms with E-state index in [1.807, 2.05) is 7.05 Å². The molecule has 0 aromatic rings. The van der Waals surface area contributed by atoms with E-state index in [0.717, 1.165) is 13.1 Å². The monoisotopic (exact) mass is 174 g/mol. The van der Waals surface area contributed by atoms with Crippen molar-refractivity contribution in [2.45, 2.75) is 32.0 Å². The van der Waals surface area contributed by atoms with Gasteiger partial charge in [0, 0.05) is 18.6 Å². The number of hydrogen-bond acceptors (Lipinski definition) is 2. The van der Waals surface area contributed by atoms with Crippen molar-refractivity contribution in [3.63, 3.8) is 0 Å². The van der Waals surface area contributed by atoms with Gasteiger partial charge in [0.2, 0.25) is 0 Å². The van der Waals surface area contributed by atoms with Crippen LogP contribution in [-0.2, 0) is 0 Å². The maximum absolute atomic E-state index is 12.8. The Bertz CT molecular complexity index is 161.